The summed E-state index contributed by atoms with van der Waals surface area (Å²) in [6, 6.07) is 11.5. The molecule has 0 spiro atoms. The number of ether oxygens (including phenoxy) is 3. The SMILES string of the molecule is COc1cccc(OC)c1Oc1ccc(CBr)c(C)c1. The topological polar surface area (TPSA) is 27.7 Å². The summed E-state index contributed by atoms with van der Waals surface area (Å²) in [5, 5.41) is 0.830. The van der Waals surface area contributed by atoms with Gasteiger partial charge < -0.3 is 14.2 Å². The maximum Gasteiger partial charge on any atom is 0.210 e. The van der Waals surface area contributed by atoms with Crippen LogP contribution in [0, 0.1) is 6.92 Å². The van der Waals surface area contributed by atoms with E-state index in [1.807, 2.05) is 36.4 Å². The Morgan fingerprint density at radius 3 is 2.15 bits per heavy atom. The molecule has 0 fully saturated rings. The minimum Gasteiger partial charge on any atom is -0.493 e. The highest BCUT2D eigenvalue weighted by molar-refractivity contribution is 9.08. The summed E-state index contributed by atoms with van der Waals surface area (Å²) >= 11 is 3.46. The van der Waals surface area contributed by atoms with Crippen molar-refractivity contribution >= 4 is 15.9 Å². The Morgan fingerprint density at radius 1 is 1.00 bits per heavy atom. The molecule has 0 amide bonds. The zero-order valence-corrected chi connectivity index (χ0v) is 13.4. The standard InChI is InChI=1S/C16H17BrO3/c1-11-9-13(8-7-12(11)10-17)20-16-14(18-2)5-4-6-15(16)19-3/h4-9H,10H2,1-3H3. The summed E-state index contributed by atoms with van der Waals surface area (Å²) in [6.07, 6.45) is 0. The maximum atomic E-state index is 5.94. The fourth-order valence-corrected chi connectivity index (χ4v) is 2.55. The largest absolute Gasteiger partial charge is 0.493 e. The molecule has 0 saturated carbocycles. The van der Waals surface area contributed by atoms with Gasteiger partial charge in [0.15, 0.2) is 11.5 Å². The van der Waals surface area contributed by atoms with Crippen LogP contribution in [0.4, 0.5) is 0 Å². The zero-order valence-electron chi connectivity index (χ0n) is 11.8. The van der Waals surface area contributed by atoms with E-state index in [1.54, 1.807) is 14.2 Å². The van der Waals surface area contributed by atoms with Gasteiger partial charge in [0, 0.05) is 5.33 Å². The van der Waals surface area contributed by atoms with E-state index < -0.39 is 0 Å². The van der Waals surface area contributed by atoms with Gasteiger partial charge in [0.1, 0.15) is 5.75 Å². The van der Waals surface area contributed by atoms with Crippen molar-refractivity contribution in [2.24, 2.45) is 0 Å². The van der Waals surface area contributed by atoms with E-state index in [-0.39, 0.29) is 0 Å². The van der Waals surface area contributed by atoms with Crippen LogP contribution >= 0.6 is 15.9 Å². The van der Waals surface area contributed by atoms with E-state index in [9.17, 15) is 0 Å². The maximum absolute atomic E-state index is 5.94. The van der Waals surface area contributed by atoms with Gasteiger partial charge in [-0.2, -0.15) is 0 Å². The first-order valence-corrected chi connectivity index (χ1v) is 7.36. The Balaban J connectivity index is 2.36. The second kappa shape index (κ2) is 6.66. The highest BCUT2D eigenvalue weighted by Crippen LogP contribution is 2.40. The van der Waals surface area contributed by atoms with Gasteiger partial charge in [-0.05, 0) is 42.3 Å². The molecule has 2 rings (SSSR count). The summed E-state index contributed by atoms with van der Waals surface area (Å²) in [6.45, 7) is 2.06. The molecule has 2 aromatic carbocycles. The lowest BCUT2D eigenvalue weighted by atomic mass is 10.1. The molecule has 3 nitrogen and oxygen atoms in total. The minimum absolute atomic E-state index is 0.587. The van der Waals surface area contributed by atoms with Crippen molar-refractivity contribution in [3.63, 3.8) is 0 Å². The molecule has 2 aromatic rings. The highest BCUT2D eigenvalue weighted by Gasteiger charge is 2.12. The number of rotatable bonds is 5. The molecule has 0 heterocycles. The molecule has 0 bridgehead atoms. The summed E-state index contributed by atoms with van der Waals surface area (Å²) < 4.78 is 16.6. The lowest BCUT2D eigenvalue weighted by Gasteiger charge is -2.14. The number of para-hydroxylation sites is 1. The molecule has 0 saturated heterocycles. The molecule has 106 valence electrons. The Kier molecular flexibility index (Phi) is 4.90. The van der Waals surface area contributed by atoms with Crippen LogP contribution in [-0.2, 0) is 5.33 Å². The number of hydrogen-bond acceptors (Lipinski definition) is 3. The highest BCUT2D eigenvalue weighted by atomic mass is 79.9. The van der Waals surface area contributed by atoms with Crippen molar-refractivity contribution in [1.82, 2.24) is 0 Å². The molecular weight excluding hydrogens is 320 g/mol. The van der Waals surface area contributed by atoms with Gasteiger partial charge in [0.25, 0.3) is 0 Å². The third-order valence-corrected chi connectivity index (χ3v) is 3.66. The molecule has 0 N–H and O–H groups in total. The average Bonchev–Trinajstić information content (AvgIpc) is 2.47. The monoisotopic (exact) mass is 336 g/mol. The van der Waals surface area contributed by atoms with Gasteiger partial charge in [-0.25, -0.2) is 0 Å². The number of hydrogen-bond donors (Lipinski definition) is 0. The van der Waals surface area contributed by atoms with Crippen LogP contribution in [0.3, 0.4) is 0 Å². The average molecular weight is 337 g/mol. The first-order valence-electron chi connectivity index (χ1n) is 6.24. The van der Waals surface area contributed by atoms with Gasteiger partial charge in [-0.1, -0.05) is 28.1 Å². The predicted octanol–water partition coefficient (Wildman–Crippen LogP) is 4.70. The van der Waals surface area contributed by atoms with Crippen LogP contribution in [0.2, 0.25) is 0 Å². The molecule has 0 aliphatic rings. The number of halogens is 1. The Morgan fingerprint density at radius 2 is 1.65 bits per heavy atom. The van der Waals surface area contributed by atoms with Crippen molar-refractivity contribution in [1.29, 1.82) is 0 Å². The van der Waals surface area contributed by atoms with Crippen LogP contribution in [0.25, 0.3) is 0 Å². The normalized spacial score (nSPS) is 10.2. The Hall–Kier alpha value is -1.68. The summed E-state index contributed by atoms with van der Waals surface area (Å²) in [5.74, 6) is 2.64. The molecule has 4 heteroatoms. The lowest BCUT2D eigenvalue weighted by Crippen LogP contribution is -1.95. The molecular formula is C16H17BrO3. The lowest BCUT2D eigenvalue weighted by molar-refractivity contribution is 0.346. The fourth-order valence-electron chi connectivity index (χ4n) is 1.92. The number of methoxy groups -OCH3 is 2. The van der Waals surface area contributed by atoms with Crippen LogP contribution < -0.4 is 14.2 Å². The van der Waals surface area contributed by atoms with Gasteiger partial charge in [-0.15, -0.1) is 0 Å². The number of benzene rings is 2. The predicted molar refractivity (Wildman–Crippen MR) is 83.4 cm³/mol. The van der Waals surface area contributed by atoms with Gasteiger partial charge in [0.05, 0.1) is 14.2 Å². The molecule has 0 radical (unpaired) electrons. The summed E-state index contributed by atoms with van der Waals surface area (Å²) in [4.78, 5) is 0. The second-order valence-corrected chi connectivity index (χ2v) is 4.88. The molecule has 0 aliphatic carbocycles. The van der Waals surface area contributed by atoms with E-state index in [0.717, 1.165) is 11.1 Å². The minimum atomic E-state index is 0.587. The van der Waals surface area contributed by atoms with Crippen LogP contribution in [0.5, 0.6) is 23.0 Å². The summed E-state index contributed by atoms with van der Waals surface area (Å²) in [5.41, 5.74) is 2.41. The van der Waals surface area contributed by atoms with Gasteiger partial charge in [-0.3, -0.25) is 0 Å². The van der Waals surface area contributed by atoms with Crippen molar-refractivity contribution < 1.29 is 14.2 Å². The molecule has 0 aromatic heterocycles. The van der Waals surface area contributed by atoms with Crippen LogP contribution in [-0.4, -0.2) is 14.2 Å². The fraction of sp³-hybridized carbons (Fsp3) is 0.250. The molecule has 0 atom stereocenters. The molecule has 0 aliphatic heterocycles. The van der Waals surface area contributed by atoms with E-state index in [0.29, 0.717) is 17.2 Å². The van der Waals surface area contributed by atoms with Crippen molar-refractivity contribution in [2.75, 3.05) is 14.2 Å². The van der Waals surface area contributed by atoms with Crippen molar-refractivity contribution in [3.05, 3.63) is 47.5 Å². The van der Waals surface area contributed by atoms with E-state index in [1.165, 1.54) is 11.1 Å². The Bertz CT molecular complexity index is 574. The number of alkyl halides is 1. The summed E-state index contributed by atoms with van der Waals surface area (Å²) in [7, 11) is 3.22. The zero-order chi connectivity index (χ0) is 14.5. The quantitative estimate of drug-likeness (QED) is 0.740. The second-order valence-electron chi connectivity index (χ2n) is 4.32. The van der Waals surface area contributed by atoms with Crippen molar-refractivity contribution in [3.8, 4) is 23.0 Å². The van der Waals surface area contributed by atoms with Gasteiger partial charge >= 0.3 is 0 Å². The number of aryl methyl sites for hydroxylation is 1. The van der Waals surface area contributed by atoms with E-state index in [2.05, 4.69) is 22.9 Å². The van der Waals surface area contributed by atoms with Gasteiger partial charge in [0.2, 0.25) is 5.75 Å². The van der Waals surface area contributed by atoms with E-state index in [4.69, 9.17) is 14.2 Å². The van der Waals surface area contributed by atoms with Crippen LogP contribution in [0.1, 0.15) is 11.1 Å². The first-order chi connectivity index (χ1) is 9.69. The molecule has 0 unspecified atom stereocenters. The Labute approximate surface area is 127 Å². The first kappa shape index (κ1) is 14.7. The van der Waals surface area contributed by atoms with Crippen LogP contribution in [0.15, 0.2) is 36.4 Å². The third kappa shape index (κ3) is 3.07. The van der Waals surface area contributed by atoms with Crippen molar-refractivity contribution in [2.45, 2.75) is 12.3 Å². The van der Waals surface area contributed by atoms with E-state index >= 15 is 0 Å². The molecule has 20 heavy (non-hydrogen) atoms. The third-order valence-electron chi connectivity index (χ3n) is 3.06. The smallest absolute Gasteiger partial charge is 0.210 e.